The topological polar surface area (TPSA) is 22.1 Å². The molecule has 0 saturated heterocycles. The second-order valence-electron chi connectivity index (χ2n) is 7.39. The standard InChI is InChI=1S/C25H20BrNOP/c1-29(2)24-15-22(17-10-12-18(26)13-11-17)27-25-21(24)14-23(28-25)20-9-5-7-16-6-3-4-8-19(16)20/h3-13,15,23H,1,14H2,2H3/q+1. The van der Waals surface area contributed by atoms with Gasteiger partial charge in [0.25, 0.3) is 0 Å². The molecule has 0 radical (unpaired) electrons. The van der Waals surface area contributed by atoms with Crippen LogP contribution < -0.4 is 10.0 Å². The van der Waals surface area contributed by atoms with E-state index in [2.05, 4.69) is 89.6 Å². The summed E-state index contributed by atoms with van der Waals surface area (Å²) in [6, 6.07) is 25.4. The minimum Gasteiger partial charge on any atom is -0.469 e. The SMILES string of the molecule is C=[P+](C)c1cc(-c2ccc(Br)cc2)nc2c1CC(c1cccc3ccccc13)O2. The van der Waals surface area contributed by atoms with E-state index in [9.17, 15) is 0 Å². The minimum absolute atomic E-state index is 0.0162. The van der Waals surface area contributed by atoms with Crippen molar-refractivity contribution >= 4 is 45.9 Å². The molecular weight excluding hydrogens is 441 g/mol. The predicted octanol–water partition coefficient (Wildman–Crippen LogP) is 6.51. The van der Waals surface area contributed by atoms with E-state index >= 15 is 0 Å². The highest BCUT2D eigenvalue weighted by atomic mass is 79.9. The lowest BCUT2D eigenvalue weighted by Crippen LogP contribution is -2.07. The Balaban J connectivity index is 1.60. The highest BCUT2D eigenvalue weighted by Crippen LogP contribution is 2.40. The molecule has 2 unspecified atom stereocenters. The van der Waals surface area contributed by atoms with Crippen LogP contribution in [0.5, 0.6) is 5.88 Å². The van der Waals surface area contributed by atoms with Crippen molar-refractivity contribution < 1.29 is 4.74 Å². The van der Waals surface area contributed by atoms with Gasteiger partial charge >= 0.3 is 0 Å². The number of hydrogen-bond donors (Lipinski definition) is 0. The monoisotopic (exact) mass is 460 g/mol. The van der Waals surface area contributed by atoms with Crippen LogP contribution in [0, 0.1) is 0 Å². The van der Waals surface area contributed by atoms with Gasteiger partial charge in [-0.15, -0.1) is 0 Å². The number of aromatic nitrogens is 1. The third kappa shape index (κ3) is 3.39. The van der Waals surface area contributed by atoms with Gasteiger partial charge < -0.3 is 4.74 Å². The summed E-state index contributed by atoms with van der Waals surface area (Å²) in [5.41, 5.74) is 4.48. The molecule has 5 rings (SSSR count). The number of halogens is 1. The molecule has 1 aliphatic rings. The van der Waals surface area contributed by atoms with Crippen molar-refractivity contribution in [2.45, 2.75) is 12.5 Å². The maximum absolute atomic E-state index is 6.44. The molecule has 1 aromatic heterocycles. The minimum atomic E-state index is -0.513. The Hall–Kier alpha value is -2.48. The van der Waals surface area contributed by atoms with Crippen molar-refractivity contribution in [3.05, 3.63) is 88.4 Å². The van der Waals surface area contributed by atoms with Crippen LogP contribution in [0.2, 0.25) is 0 Å². The van der Waals surface area contributed by atoms with Gasteiger partial charge in [0.15, 0.2) is 5.30 Å². The molecule has 0 amide bonds. The van der Waals surface area contributed by atoms with Crippen molar-refractivity contribution in [3.8, 4) is 17.1 Å². The molecule has 0 bridgehead atoms. The van der Waals surface area contributed by atoms with E-state index in [1.807, 2.05) is 12.1 Å². The van der Waals surface area contributed by atoms with Gasteiger partial charge in [0.05, 0.1) is 17.6 Å². The van der Waals surface area contributed by atoms with Crippen molar-refractivity contribution in [3.63, 3.8) is 0 Å². The quantitative estimate of drug-likeness (QED) is 0.325. The fourth-order valence-corrected chi connectivity index (χ4v) is 5.25. The summed E-state index contributed by atoms with van der Waals surface area (Å²) in [6.07, 6.45) is 5.18. The molecule has 2 heterocycles. The summed E-state index contributed by atoms with van der Waals surface area (Å²) in [7, 11) is -0.513. The van der Waals surface area contributed by atoms with Crippen LogP contribution >= 0.6 is 23.5 Å². The van der Waals surface area contributed by atoms with Crippen molar-refractivity contribution in [1.29, 1.82) is 0 Å². The third-order valence-electron chi connectivity index (χ3n) is 5.43. The lowest BCUT2D eigenvalue weighted by atomic mass is 9.97. The van der Waals surface area contributed by atoms with Crippen molar-refractivity contribution in [2.24, 2.45) is 0 Å². The van der Waals surface area contributed by atoms with E-state index in [4.69, 9.17) is 9.72 Å². The highest BCUT2D eigenvalue weighted by Gasteiger charge is 2.33. The van der Waals surface area contributed by atoms with Gasteiger partial charge in [-0.25, -0.2) is 4.98 Å². The lowest BCUT2D eigenvalue weighted by molar-refractivity contribution is 0.232. The molecule has 0 saturated carbocycles. The molecule has 3 aromatic carbocycles. The molecule has 29 heavy (non-hydrogen) atoms. The van der Waals surface area contributed by atoms with Gasteiger partial charge in [0, 0.05) is 28.1 Å². The number of nitrogens with zero attached hydrogens (tertiary/aromatic N) is 1. The van der Waals surface area contributed by atoms with Crippen LogP contribution in [0.1, 0.15) is 17.2 Å². The third-order valence-corrected chi connectivity index (χ3v) is 7.18. The molecular formula is C25H20BrNOP+. The van der Waals surface area contributed by atoms with E-state index in [0.717, 1.165) is 28.0 Å². The maximum Gasteiger partial charge on any atom is 0.222 e. The van der Waals surface area contributed by atoms with Crippen LogP contribution in [0.15, 0.2) is 77.3 Å². The van der Waals surface area contributed by atoms with E-state index in [1.54, 1.807) is 0 Å². The van der Waals surface area contributed by atoms with Crippen molar-refractivity contribution in [1.82, 2.24) is 4.98 Å². The smallest absolute Gasteiger partial charge is 0.222 e. The zero-order chi connectivity index (χ0) is 20.0. The van der Waals surface area contributed by atoms with Crippen LogP contribution in [-0.4, -0.2) is 17.9 Å². The summed E-state index contributed by atoms with van der Waals surface area (Å²) in [4.78, 5) is 4.90. The molecule has 4 aromatic rings. The molecule has 2 atom stereocenters. The van der Waals surface area contributed by atoms with E-state index in [0.29, 0.717) is 0 Å². The Kier molecular flexibility index (Phi) is 4.73. The van der Waals surface area contributed by atoms with Gasteiger partial charge in [-0.3, -0.25) is 0 Å². The zero-order valence-corrected chi connectivity index (χ0v) is 18.6. The Bertz CT molecular complexity index is 1240. The highest BCUT2D eigenvalue weighted by molar-refractivity contribution is 9.10. The van der Waals surface area contributed by atoms with E-state index < -0.39 is 7.55 Å². The summed E-state index contributed by atoms with van der Waals surface area (Å²) < 4.78 is 7.50. The van der Waals surface area contributed by atoms with Crippen LogP contribution in [0.4, 0.5) is 0 Å². The predicted molar refractivity (Wildman–Crippen MR) is 128 cm³/mol. The van der Waals surface area contributed by atoms with Gasteiger partial charge in [-0.1, -0.05) is 70.5 Å². The number of rotatable bonds is 3. The first kappa shape index (κ1) is 18.5. The molecule has 2 nitrogen and oxygen atoms in total. The second-order valence-corrected chi connectivity index (χ2v) is 10.2. The average Bonchev–Trinajstić information content (AvgIpc) is 3.17. The Morgan fingerprint density at radius 3 is 2.59 bits per heavy atom. The van der Waals surface area contributed by atoms with Gasteiger partial charge in [-0.05, 0) is 22.9 Å². The normalized spacial score (nSPS) is 15.8. The number of ether oxygens (including phenoxy) is 1. The van der Waals surface area contributed by atoms with Crippen LogP contribution in [0.25, 0.3) is 22.0 Å². The molecule has 0 N–H and O–H groups in total. The lowest BCUT2D eigenvalue weighted by Gasteiger charge is -2.13. The number of benzene rings is 3. The Morgan fingerprint density at radius 1 is 1.03 bits per heavy atom. The zero-order valence-electron chi connectivity index (χ0n) is 16.1. The Morgan fingerprint density at radius 2 is 1.79 bits per heavy atom. The van der Waals surface area contributed by atoms with Crippen LogP contribution in [0.3, 0.4) is 0 Å². The summed E-state index contributed by atoms with van der Waals surface area (Å²) in [5, 5.41) is 3.77. The first-order chi connectivity index (χ1) is 14.1. The number of pyridine rings is 1. The molecule has 4 heteroatoms. The van der Waals surface area contributed by atoms with Crippen LogP contribution in [-0.2, 0) is 6.42 Å². The molecule has 0 spiro atoms. The largest absolute Gasteiger partial charge is 0.469 e. The molecule has 1 aliphatic heterocycles. The Labute approximate surface area is 180 Å². The summed E-state index contributed by atoms with van der Waals surface area (Å²) in [5.74, 6) is 0.761. The molecule has 142 valence electrons. The fraction of sp³-hybridized carbons (Fsp3) is 0.120. The summed E-state index contributed by atoms with van der Waals surface area (Å²) >= 11 is 3.51. The molecule has 0 fully saturated rings. The average molecular weight is 461 g/mol. The van der Waals surface area contributed by atoms with E-state index in [-0.39, 0.29) is 6.10 Å². The van der Waals surface area contributed by atoms with Gasteiger partial charge in [0.1, 0.15) is 20.3 Å². The molecule has 0 aliphatic carbocycles. The van der Waals surface area contributed by atoms with Gasteiger partial charge in [-0.2, -0.15) is 0 Å². The number of fused-ring (bicyclic) bond motifs is 2. The maximum atomic E-state index is 6.44. The first-order valence-electron chi connectivity index (χ1n) is 9.58. The van der Waals surface area contributed by atoms with Crippen molar-refractivity contribution in [2.75, 3.05) is 6.66 Å². The second kappa shape index (κ2) is 7.40. The van der Waals surface area contributed by atoms with E-state index in [1.165, 1.54) is 27.2 Å². The fourth-order valence-electron chi connectivity index (χ4n) is 4.00. The first-order valence-corrected chi connectivity index (χ1v) is 12.4. The van der Waals surface area contributed by atoms with Gasteiger partial charge in [0.2, 0.25) is 5.88 Å². The summed E-state index contributed by atoms with van der Waals surface area (Å²) in [6.45, 7) is 2.20. The number of hydrogen-bond acceptors (Lipinski definition) is 2.